The topological polar surface area (TPSA) is 61.8 Å². The molecule has 0 aliphatic carbocycles. The van der Waals surface area contributed by atoms with Gasteiger partial charge in [0.2, 0.25) is 5.91 Å². The van der Waals surface area contributed by atoms with Crippen LogP contribution in [0.1, 0.15) is 31.2 Å². The van der Waals surface area contributed by atoms with Crippen LogP contribution in [-0.4, -0.2) is 42.7 Å². The number of amides is 1. The summed E-state index contributed by atoms with van der Waals surface area (Å²) in [6.07, 6.45) is 3.86. The van der Waals surface area contributed by atoms with E-state index in [1.807, 2.05) is 7.05 Å². The third kappa shape index (κ3) is 4.36. The van der Waals surface area contributed by atoms with Crippen LogP contribution in [0.3, 0.4) is 0 Å². The number of ether oxygens (including phenoxy) is 1. The van der Waals surface area contributed by atoms with Gasteiger partial charge in [0.05, 0.1) is 7.11 Å². The molecule has 1 aliphatic heterocycles. The zero-order chi connectivity index (χ0) is 15.2. The van der Waals surface area contributed by atoms with Gasteiger partial charge in [-0.3, -0.25) is 4.79 Å². The second-order valence-corrected chi connectivity index (χ2v) is 5.59. The monoisotopic (exact) mass is 292 g/mol. The summed E-state index contributed by atoms with van der Waals surface area (Å²) in [4.78, 5) is 13.9. The molecule has 116 valence electrons. The Bertz CT molecular complexity index is 484. The highest BCUT2D eigenvalue weighted by Gasteiger charge is 2.17. The minimum Gasteiger partial charge on any atom is -0.504 e. The summed E-state index contributed by atoms with van der Waals surface area (Å²) in [5.41, 5.74) is 0.944. The van der Waals surface area contributed by atoms with Crippen molar-refractivity contribution in [2.45, 2.75) is 38.3 Å². The van der Waals surface area contributed by atoms with E-state index < -0.39 is 0 Å². The zero-order valence-electron chi connectivity index (χ0n) is 12.8. The molecule has 2 rings (SSSR count). The van der Waals surface area contributed by atoms with E-state index in [2.05, 4.69) is 5.32 Å². The maximum atomic E-state index is 12.1. The minimum absolute atomic E-state index is 0.113. The predicted molar refractivity (Wildman–Crippen MR) is 81.4 cm³/mol. The molecule has 1 amide bonds. The summed E-state index contributed by atoms with van der Waals surface area (Å²) >= 11 is 0. The molecule has 5 heteroatoms. The van der Waals surface area contributed by atoms with Crippen LogP contribution in [0.5, 0.6) is 11.5 Å². The number of aromatic hydroxyl groups is 1. The Morgan fingerprint density at radius 3 is 3.00 bits per heavy atom. The summed E-state index contributed by atoms with van der Waals surface area (Å²) in [5, 5.41) is 13.0. The molecule has 0 bridgehead atoms. The first-order valence-electron chi connectivity index (χ1n) is 7.43. The van der Waals surface area contributed by atoms with E-state index in [4.69, 9.17) is 4.74 Å². The van der Waals surface area contributed by atoms with Crippen molar-refractivity contribution in [2.24, 2.45) is 0 Å². The van der Waals surface area contributed by atoms with Gasteiger partial charge < -0.3 is 20.1 Å². The van der Waals surface area contributed by atoms with E-state index in [9.17, 15) is 9.90 Å². The van der Waals surface area contributed by atoms with E-state index in [0.717, 1.165) is 18.5 Å². The fourth-order valence-corrected chi connectivity index (χ4v) is 2.67. The molecule has 0 radical (unpaired) electrons. The van der Waals surface area contributed by atoms with E-state index in [0.29, 0.717) is 24.8 Å². The molecular formula is C16H24N2O3. The van der Waals surface area contributed by atoms with Crippen LogP contribution >= 0.6 is 0 Å². The first-order chi connectivity index (χ1) is 10.1. The lowest BCUT2D eigenvalue weighted by molar-refractivity contribution is -0.130. The summed E-state index contributed by atoms with van der Waals surface area (Å²) in [7, 11) is 3.33. The van der Waals surface area contributed by atoms with Gasteiger partial charge in [-0.15, -0.1) is 0 Å². The van der Waals surface area contributed by atoms with Gasteiger partial charge >= 0.3 is 0 Å². The van der Waals surface area contributed by atoms with Crippen LogP contribution < -0.4 is 10.1 Å². The number of carbonyl (C=O) groups excluding carboxylic acids is 1. The van der Waals surface area contributed by atoms with Crippen LogP contribution in [0, 0.1) is 0 Å². The van der Waals surface area contributed by atoms with Gasteiger partial charge in [-0.1, -0.05) is 6.07 Å². The summed E-state index contributed by atoms with van der Waals surface area (Å²) in [5.74, 6) is 0.696. The second-order valence-electron chi connectivity index (χ2n) is 5.59. The summed E-state index contributed by atoms with van der Waals surface area (Å²) in [6.45, 7) is 1.59. The Balaban J connectivity index is 1.84. The van der Waals surface area contributed by atoms with E-state index in [1.165, 1.54) is 20.0 Å². The number of phenolic OH excluding ortho intramolecular Hbond substituents is 1. The van der Waals surface area contributed by atoms with E-state index in [-0.39, 0.29) is 11.7 Å². The summed E-state index contributed by atoms with van der Waals surface area (Å²) < 4.78 is 5.08. The maximum absolute atomic E-state index is 12.1. The lowest BCUT2D eigenvalue weighted by atomic mass is 10.1. The molecule has 1 fully saturated rings. The molecule has 0 saturated carbocycles. The Labute approximate surface area is 125 Å². The standard InChI is InChI=1S/C16H24N2O3/c1-18(16(20)8-6-13-4-3-9-17-13)11-12-5-7-14(19)15(10-12)21-2/h5,7,10,13,17,19H,3-4,6,8-9,11H2,1-2H3. The van der Waals surface area contributed by atoms with Gasteiger partial charge in [0.15, 0.2) is 11.5 Å². The second kappa shape index (κ2) is 7.31. The number of rotatable bonds is 6. The van der Waals surface area contributed by atoms with E-state index >= 15 is 0 Å². The predicted octanol–water partition coefficient (Wildman–Crippen LogP) is 1.89. The molecule has 1 atom stereocenters. The van der Waals surface area contributed by atoms with Crippen molar-refractivity contribution in [2.75, 3.05) is 20.7 Å². The third-order valence-electron chi connectivity index (χ3n) is 3.96. The van der Waals surface area contributed by atoms with Gasteiger partial charge in [-0.05, 0) is 43.5 Å². The fraction of sp³-hybridized carbons (Fsp3) is 0.562. The molecule has 0 spiro atoms. The van der Waals surface area contributed by atoms with Crippen molar-refractivity contribution in [1.29, 1.82) is 0 Å². The average Bonchev–Trinajstić information content (AvgIpc) is 3.00. The van der Waals surface area contributed by atoms with Crippen molar-refractivity contribution >= 4 is 5.91 Å². The van der Waals surface area contributed by atoms with E-state index in [1.54, 1.807) is 23.1 Å². The fourth-order valence-electron chi connectivity index (χ4n) is 2.67. The number of hydrogen-bond donors (Lipinski definition) is 2. The van der Waals surface area contributed by atoms with Crippen LogP contribution in [-0.2, 0) is 11.3 Å². The lowest BCUT2D eigenvalue weighted by Crippen LogP contribution is -2.29. The molecule has 1 unspecified atom stereocenters. The number of carbonyl (C=O) groups is 1. The Morgan fingerprint density at radius 2 is 2.33 bits per heavy atom. The number of methoxy groups -OCH3 is 1. The Kier molecular flexibility index (Phi) is 5.44. The number of phenols is 1. The molecule has 1 saturated heterocycles. The quantitative estimate of drug-likeness (QED) is 0.840. The molecule has 5 nitrogen and oxygen atoms in total. The van der Waals surface area contributed by atoms with Crippen molar-refractivity contribution in [3.05, 3.63) is 23.8 Å². The van der Waals surface area contributed by atoms with Crippen molar-refractivity contribution in [1.82, 2.24) is 10.2 Å². The molecule has 2 N–H and O–H groups in total. The highest BCUT2D eigenvalue weighted by atomic mass is 16.5. The van der Waals surface area contributed by atoms with Crippen molar-refractivity contribution < 1.29 is 14.6 Å². The highest BCUT2D eigenvalue weighted by molar-refractivity contribution is 5.75. The third-order valence-corrected chi connectivity index (χ3v) is 3.96. The van der Waals surface area contributed by atoms with Gasteiger partial charge in [0, 0.05) is 26.1 Å². The molecule has 21 heavy (non-hydrogen) atoms. The number of nitrogens with zero attached hydrogens (tertiary/aromatic N) is 1. The molecule has 0 aromatic heterocycles. The normalized spacial score (nSPS) is 17.7. The Morgan fingerprint density at radius 1 is 1.52 bits per heavy atom. The lowest BCUT2D eigenvalue weighted by Gasteiger charge is -2.19. The molecule has 1 aromatic rings. The van der Waals surface area contributed by atoms with Gasteiger partial charge in [-0.2, -0.15) is 0 Å². The minimum atomic E-state index is 0.113. The highest BCUT2D eigenvalue weighted by Crippen LogP contribution is 2.26. The first-order valence-corrected chi connectivity index (χ1v) is 7.43. The van der Waals surface area contributed by atoms with Crippen LogP contribution in [0.15, 0.2) is 18.2 Å². The van der Waals surface area contributed by atoms with Crippen molar-refractivity contribution in [3.8, 4) is 11.5 Å². The summed E-state index contributed by atoms with van der Waals surface area (Å²) in [6, 6.07) is 5.66. The molecule has 1 aromatic carbocycles. The Hall–Kier alpha value is -1.75. The zero-order valence-corrected chi connectivity index (χ0v) is 12.8. The smallest absolute Gasteiger partial charge is 0.222 e. The average molecular weight is 292 g/mol. The number of benzene rings is 1. The maximum Gasteiger partial charge on any atom is 0.222 e. The molecule has 1 heterocycles. The van der Waals surface area contributed by atoms with Crippen LogP contribution in [0.2, 0.25) is 0 Å². The largest absolute Gasteiger partial charge is 0.504 e. The van der Waals surface area contributed by atoms with Crippen molar-refractivity contribution in [3.63, 3.8) is 0 Å². The van der Waals surface area contributed by atoms with Gasteiger partial charge in [-0.25, -0.2) is 0 Å². The SMILES string of the molecule is COc1cc(CN(C)C(=O)CCC2CCCN2)ccc1O. The molecule has 1 aliphatic rings. The molecular weight excluding hydrogens is 268 g/mol. The van der Waals surface area contributed by atoms with Crippen LogP contribution in [0.25, 0.3) is 0 Å². The van der Waals surface area contributed by atoms with Crippen LogP contribution in [0.4, 0.5) is 0 Å². The van der Waals surface area contributed by atoms with Gasteiger partial charge in [0.1, 0.15) is 0 Å². The van der Waals surface area contributed by atoms with Gasteiger partial charge in [0.25, 0.3) is 0 Å². The number of hydrogen-bond acceptors (Lipinski definition) is 4. The number of nitrogens with one attached hydrogen (secondary N) is 1. The first kappa shape index (κ1) is 15.6.